The van der Waals surface area contributed by atoms with Crippen LogP contribution in [0.2, 0.25) is 0 Å². The fourth-order valence-corrected chi connectivity index (χ4v) is 1.44. The van der Waals surface area contributed by atoms with E-state index in [-0.39, 0.29) is 12.4 Å². The van der Waals surface area contributed by atoms with Gasteiger partial charge in [-0.25, -0.2) is 9.78 Å². The van der Waals surface area contributed by atoms with E-state index in [2.05, 4.69) is 9.97 Å². The summed E-state index contributed by atoms with van der Waals surface area (Å²) in [5, 5.41) is 0. The predicted molar refractivity (Wildman–Crippen MR) is 73.7 cm³/mol. The first-order valence-corrected chi connectivity index (χ1v) is 6.42. The molecule has 0 amide bonds. The number of hydrogen-bond donors (Lipinski definition) is 1. The standard InChI is InChI=1S/C13H14N2O2.BF4/c1-2-11-8-14-12(15-11)13(16)17-9-10-6-4-3-5-7-10;2-1(3,4)5/h3-8H,2,9H2,1H3,(H,14,15);/q;-1. The van der Waals surface area contributed by atoms with Gasteiger partial charge >= 0.3 is 13.2 Å². The molecule has 1 aromatic heterocycles. The second-order valence-electron chi connectivity index (χ2n) is 4.15. The minimum atomic E-state index is -6.00. The Morgan fingerprint density at radius 3 is 2.32 bits per heavy atom. The van der Waals surface area contributed by atoms with E-state index in [0.29, 0.717) is 0 Å². The van der Waals surface area contributed by atoms with E-state index in [1.807, 2.05) is 37.3 Å². The highest BCUT2D eigenvalue weighted by atomic mass is 19.5. The van der Waals surface area contributed by atoms with E-state index in [4.69, 9.17) is 4.74 Å². The Morgan fingerprint density at radius 2 is 1.82 bits per heavy atom. The second-order valence-corrected chi connectivity index (χ2v) is 4.15. The Balaban J connectivity index is 0.000000422. The second kappa shape index (κ2) is 8.21. The number of esters is 1. The van der Waals surface area contributed by atoms with Gasteiger partial charge in [-0.15, -0.1) is 0 Å². The summed E-state index contributed by atoms with van der Waals surface area (Å²) in [6, 6.07) is 9.56. The van der Waals surface area contributed by atoms with Crippen molar-refractivity contribution in [3.63, 3.8) is 0 Å². The number of aromatic nitrogens is 2. The number of hydrogen-bond acceptors (Lipinski definition) is 3. The van der Waals surface area contributed by atoms with Crippen molar-refractivity contribution in [3.8, 4) is 0 Å². The highest BCUT2D eigenvalue weighted by Gasteiger charge is 2.20. The van der Waals surface area contributed by atoms with E-state index in [1.165, 1.54) is 0 Å². The van der Waals surface area contributed by atoms with Gasteiger partial charge in [0.1, 0.15) is 6.61 Å². The van der Waals surface area contributed by atoms with Gasteiger partial charge in [-0.05, 0) is 12.0 Å². The molecule has 0 fully saturated rings. The van der Waals surface area contributed by atoms with Gasteiger partial charge in [-0.1, -0.05) is 37.3 Å². The number of benzene rings is 1. The molecule has 1 heterocycles. The number of imidazole rings is 1. The summed E-state index contributed by atoms with van der Waals surface area (Å²) in [6.45, 7) is 2.25. The summed E-state index contributed by atoms with van der Waals surface area (Å²) in [7, 11) is -6.00. The lowest BCUT2D eigenvalue weighted by molar-refractivity contribution is 0.0459. The average Bonchev–Trinajstić information content (AvgIpc) is 2.93. The SMILES string of the molecule is CCc1c[nH]c(C(=O)OCc2ccccc2)n1.F[B-](F)(F)F. The van der Waals surface area contributed by atoms with Gasteiger partial charge in [0.25, 0.3) is 0 Å². The Hall–Kier alpha value is -2.32. The molecule has 1 N–H and O–H groups in total. The summed E-state index contributed by atoms with van der Waals surface area (Å²) in [4.78, 5) is 18.5. The van der Waals surface area contributed by atoms with Crippen LogP contribution in [0.15, 0.2) is 36.5 Å². The molecule has 0 atom stereocenters. The molecule has 0 saturated heterocycles. The van der Waals surface area contributed by atoms with Crippen molar-refractivity contribution in [1.82, 2.24) is 9.97 Å². The first kappa shape index (κ1) is 17.7. The Bertz CT molecular complexity index is 581. The van der Waals surface area contributed by atoms with E-state index >= 15 is 0 Å². The number of aromatic amines is 1. The smallest absolute Gasteiger partial charge is 0.455 e. The molecule has 1 aromatic carbocycles. The minimum absolute atomic E-state index is 0.262. The lowest BCUT2D eigenvalue weighted by atomic mass is 10.2. The zero-order valence-electron chi connectivity index (χ0n) is 11.7. The van der Waals surface area contributed by atoms with Crippen molar-refractivity contribution in [1.29, 1.82) is 0 Å². The van der Waals surface area contributed by atoms with Crippen LogP contribution in [0.3, 0.4) is 0 Å². The molecule has 4 nitrogen and oxygen atoms in total. The number of nitrogens with zero attached hydrogens (tertiary/aromatic N) is 1. The quantitative estimate of drug-likeness (QED) is 0.532. The summed E-state index contributed by atoms with van der Waals surface area (Å²) >= 11 is 0. The molecule has 2 rings (SSSR count). The molecule has 0 spiro atoms. The summed E-state index contributed by atoms with van der Waals surface area (Å²) in [5.41, 5.74) is 1.82. The van der Waals surface area contributed by atoms with Gasteiger partial charge in [0.15, 0.2) is 0 Å². The Morgan fingerprint density at radius 1 is 1.23 bits per heavy atom. The monoisotopic (exact) mass is 317 g/mol. The van der Waals surface area contributed by atoms with E-state index in [1.54, 1.807) is 6.20 Å². The molecule has 0 radical (unpaired) electrons. The molecule has 0 saturated carbocycles. The van der Waals surface area contributed by atoms with Crippen LogP contribution in [0.5, 0.6) is 0 Å². The van der Waals surface area contributed by atoms with Gasteiger partial charge in [0.2, 0.25) is 5.82 Å². The van der Waals surface area contributed by atoms with Crippen LogP contribution in [0.25, 0.3) is 0 Å². The summed E-state index contributed by atoms with van der Waals surface area (Å²) in [6.07, 6.45) is 2.52. The number of halogens is 4. The normalized spacial score (nSPS) is 10.6. The Labute approximate surface area is 124 Å². The molecule has 0 aliphatic rings. The topological polar surface area (TPSA) is 55.0 Å². The van der Waals surface area contributed by atoms with Crippen LogP contribution in [0.4, 0.5) is 17.3 Å². The highest BCUT2D eigenvalue weighted by molar-refractivity contribution is 6.50. The van der Waals surface area contributed by atoms with E-state index in [0.717, 1.165) is 17.7 Å². The maximum absolute atomic E-state index is 11.6. The third-order valence-electron chi connectivity index (χ3n) is 2.40. The molecular weight excluding hydrogens is 303 g/mol. The number of nitrogens with one attached hydrogen (secondary N) is 1. The van der Waals surface area contributed by atoms with Crippen molar-refractivity contribution < 1.29 is 26.8 Å². The van der Waals surface area contributed by atoms with Crippen molar-refractivity contribution in [2.45, 2.75) is 20.0 Å². The van der Waals surface area contributed by atoms with Crippen LogP contribution in [0.1, 0.15) is 28.8 Å². The first-order valence-electron chi connectivity index (χ1n) is 6.42. The van der Waals surface area contributed by atoms with Crippen molar-refractivity contribution in [2.75, 3.05) is 0 Å². The van der Waals surface area contributed by atoms with E-state index in [9.17, 15) is 22.1 Å². The summed E-state index contributed by atoms with van der Waals surface area (Å²) in [5.74, 6) is -0.161. The minimum Gasteiger partial charge on any atom is -0.455 e. The molecule has 0 bridgehead atoms. The van der Waals surface area contributed by atoms with Gasteiger partial charge in [-0.2, -0.15) is 0 Å². The van der Waals surface area contributed by atoms with Crippen LogP contribution >= 0.6 is 0 Å². The molecule has 22 heavy (non-hydrogen) atoms. The average molecular weight is 317 g/mol. The van der Waals surface area contributed by atoms with Gasteiger partial charge in [0.05, 0.1) is 5.69 Å². The molecule has 9 heteroatoms. The van der Waals surface area contributed by atoms with Crippen molar-refractivity contribution >= 4 is 13.2 Å². The lowest BCUT2D eigenvalue weighted by Gasteiger charge is -2.02. The zero-order chi connectivity index (χ0) is 16.6. The number of carbonyl (C=O) groups is 1. The van der Waals surface area contributed by atoms with Crippen molar-refractivity contribution in [3.05, 3.63) is 53.6 Å². The number of aryl methyl sites for hydroxylation is 1. The summed E-state index contributed by atoms with van der Waals surface area (Å²) < 4.78 is 44.1. The first-order chi connectivity index (χ1) is 10.3. The van der Waals surface area contributed by atoms with Crippen LogP contribution < -0.4 is 0 Å². The predicted octanol–water partition coefficient (Wildman–Crippen LogP) is 3.63. The number of rotatable bonds is 4. The van der Waals surface area contributed by atoms with Gasteiger partial charge in [-0.3, -0.25) is 0 Å². The van der Waals surface area contributed by atoms with Gasteiger partial charge in [0, 0.05) is 6.20 Å². The van der Waals surface area contributed by atoms with Crippen LogP contribution in [0, 0.1) is 0 Å². The molecular formula is C13H14BF4N2O2-. The third-order valence-corrected chi connectivity index (χ3v) is 2.40. The van der Waals surface area contributed by atoms with Crippen LogP contribution in [-0.4, -0.2) is 23.2 Å². The fourth-order valence-electron chi connectivity index (χ4n) is 1.44. The molecule has 2 aromatic rings. The fraction of sp³-hybridized carbons (Fsp3) is 0.231. The molecule has 0 aliphatic carbocycles. The van der Waals surface area contributed by atoms with Crippen molar-refractivity contribution in [2.24, 2.45) is 0 Å². The van der Waals surface area contributed by atoms with Gasteiger partial charge < -0.3 is 27.0 Å². The maximum atomic E-state index is 11.6. The maximum Gasteiger partial charge on any atom is 0.673 e. The van der Waals surface area contributed by atoms with Crippen LogP contribution in [-0.2, 0) is 17.8 Å². The lowest BCUT2D eigenvalue weighted by Crippen LogP contribution is -2.07. The largest absolute Gasteiger partial charge is 0.673 e. The van der Waals surface area contributed by atoms with E-state index < -0.39 is 13.2 Å². The number of H-pyrrole nitrogens is 1. The third kappa shape index (κ3) is 7.46. The number of carbonyl (C=O) groups excluding carboxylic acids is 1. The molecule has 120 valence electrons. The molecule has 0 aliphatic heterocycles. The molecule has 0 unspecified atom stereocenters. The zero-order valence-corrected chi connectivity index (χ0v) is 11.7. The Kier molecular flexibility index (Phi) is 6.62. The highest BCUT2D eigenvalue weighted by Crippen LogP contribution is 2.06. The number of ether oxygens (including phenoxy) is 1.